The lowest BCUT2D eigenvalue weighted by Crippen LogP contribution is -2.34. The van der Waals surface area contributed by atoms with E-state index in [9.17, 15) is 17.6 Å². The number of thiophene rings is 1. The third-order valence-electron chi connectivity index (χ3n) is 4.54. The molecular formula is C22H22FNO4S2. The molecule has 1 N–H and O–H groups in total. The van der Waals surface area contributed by atoms with Crippen LogP contribution < -0.4 is 10.1 Å². The van der Waals surface area contributed by atoms with Crippen LogP contribution in [0, 0.1) is 19.7 Å². The molecule has 2 aromatic carbocycles. The van der Waals surface area contributed by atoms with Crippen molar-refractivity contribution in [3.8, 4) is 5.75 Å². The first-order valence-corrected chi connectivity index (χ1v) is 11.7. The van der Waals surface area contributed by atoms with Crippen molar-refractivity contribution >= 4 is 27.1 Å². The number of benzene rings is 2. The van der Waals surface area contributed by atoms with Gasteiger partial charge in [0, 0.05) is 11.4 Å². The summed E-state index contributed by atoms with van der Waals surface area (Å²) in [6.45, 7) is 3.09. The van der Waals surface area contributed by atoms with Crippen molar-refractivity contribution in [1.29, 1.82) is 0 Å². The number of rotatable bonds is 8. The van der Waals surface area contributed by atoms with Gasteiger partial charge in [0.15, 0.2) is 16.4 Å². The lowest BCUT2D eigenvalue weighted by molar-refractivity contribution is -0.123. The van der Waals surface area contributed by atoms with Crippen LogP contribution in [0.2, 0.25) is 0 Å². The monoisotopic (exact) mass is 447 g/mol. The fourth-order valence-corrected chi connectivity index (χ4v) is 5.78. The lowest BCUT2D eigenvalue weighted by atomic mass is 10.2. The van der Waals surface area contributed by atoms with E-state index >= 15 is 0 Å². The number of hydrogen-bond donors (Lipinski definition) is 1. The van der Waals surface area contributed by atoms with E-state index in [-0.39, 0.29) is 23.6 Å². The van der Waals surface area contributed by atoms with Crippen LogP contribution in [0.25, 0.3) is 0 Å². The van der Waals surface area contributed by atoms with E-state index in [0.717, 1.165) is 11.6 Å². The van der Waals surface area contributed by atoms with E-state index in [1.54, 1.807) is 23.6 Å². The standard InChI is InChI=1S/C22H22FNO4S2/c1-15-5-3-6-17(11-15)28-14-22(25)24-13-21(20-7-4-10-29-20)30(26,27)18-8-9-19(23)16(2)12-18/h3-12,21H,13-14H2,1-2H3,(H,24,25)/t21-/m1/s1. The Bertz CT molecular complexity index is 1130. The number of carbonyl (C=O) groups excluding carboxylic acids is 1. The molecule has 0 aliphatic heterocycles. The van der Waals surface area contributed by atoms with Gasteiger partial charge in [-0.3, -0.25) is 4.79 Å². The van der Waals surface area contributed by atoms with Crippen molar-refractivity contribution in [3.05, 3.63) is 81.8 Å². The Labute approximate surface area is 179 Å². The molecule has 0 unspecified atom stereocenters. The number of ether oxygens (including phenoxy) is 1. The maximum Gasteiger partial charge on any atom is 0.257 e. The maximum absolute atomic E-state index is 13.6. The Morgan fingerprint density at radius 1 is 1.13 bits per heavy atom. The largest absolute Gasteiger partial charge is 0.484 e. The molecular weight excluding hydrogens is 425 g/mol. The molecule has 0 radical (unpaired) electrons. The molecule has 8 heteroatoms. The topological polar surface area (TPSA) is 72.5 Å². The van der Waals surface area contributed by atoms with Crippen molar-refractivity contribution in [2.24, 2.45) is 0 Å². The molecule has 158 valence electrons. The minimum atomic E-state index is -3.84. The fraction of sp³-hybridized carbons (Fsp3) is 0.227. The summed E-state index contributed by atoms with van der Waals surface area (Å²) < 4.78 is 45.5. The first-order valence-electron chi connectivity index (χ1n) is 9.27. The zero-order valence-electron chi connectivity index (χ0n) is 16.6. The summed E-state index contributed by atoms with van der Waals surface area (Å²) in [4.78, 5) is 12.9. The summed E-state index contributed by atoms with van der Waals surface area (Å²) in [6.07, 6.45) is 0. The van der Waals surface area contributed by atoms with Crippen LogP contribution >= 0.6 is 11.3 Å². The van der Waals surface area contributed by atoms with Gasteiger partial charge < -0.3 is 10.1 Å². The van der Waals surface area contributed by atoms with Crippen LogP contribution in [0.1, 0.15) is 21.3 Å². The lowest BCUT2D eigenvalue weighted by Gasteiger charge is -2.18. The molecule has 3 aromatic rings. The van der Waals surface area contributed by atoms with Crippen molar-refractivity contribution in [3.63, 3.8) is 0 Å². The second-order valence-electron chi connectivity index (χ2n) is 6.87. The molecule has 1 aromatic heterocycles. The molecule has 1 amide bonds. The summed E-state index contributed by atoms with van der Waals surface area (Å²) in [5, 5.41) is 3.44. The van der Waals surface area contributed by atoms with Gasteiger partial charge in [0.1, 0.15) is 16.8 Å². The molecule has 0 bridgehead atoms. The molecule has 0 aliphatic rings. The predicted octanol–water partition coefficient (Wildman–Crippen LogP) is 4.21. The quantitative estimate of drug-likeness (QED) is 0.525. The summed E-state index contributed by atoms with van der Waals surface area (Å²) in [5.74, 6) is -0.332. The van der Waals surface area contributed by atoms with Gasteiger partial charge in [-0.25, -0.2) is 12.8 Å². The first kappa shape index (κ1) is 22.0. The molecule has 0 saturated heterocycles. The Morgan fingerprint density at radius 3 is 2.60 bits per heavy atom. The van der Waals surface area contributed by atoms with Crippen molar-refractivity contribution < 1.29 is 22.3 Å². The fourth-order valence-electron chi connectivity index (χ4n) is 2.91. The van der Waals surface area contributed by atoms with Gasteiger partial charge in [-0.1, -0.05) is 18.2 Å². The number of amides is 1. The minimum Gasteiger partial charge on any atom is -0.484 e. The number of nitrogens with one attached hydrogen (secondary N) is 1. The second kappa shape index (κ2) is 9.40. The van der Waals surface area contributed by atoms with Crippen LogP contribution in [-0.2, 0) is 14.6 Å². The number of hydrogen-bond acceptors (Lipinski definition) is 5. The van der Waals surface area contributed by atoms with Crippen LogP contribution in [0.4, 0.5) is 4.39 Å². The Morgan fingerprint density at radius 2 is 1.93 bits per heavy atom. The van der Waals surface area contributed by atoms with E-state index in [4.69, 9.17) is 4.74 Å². The van der Waals surface area contributed by atoms with Crippen LogP contribution in [-0.4, -0.2) is 27.5 Å². The third kappa shape index (κ3) is 5.25. The van der Waals surface area contributed by atoms with E-state index in [2.05, 4.69) is 5.32 Å². The highest BCUT2D eigenvalue weighted by molar-refractivity contribution is 7.91. The normalized spacial score (nSPS) is 12.4. The Kier molecular flexibility index (Phi) is 6.89. The molecule has 3 rings (SSSR count). The van der Waals surface area contributed by atoms with Gasteiger partial charge in [0.25, 0.3) is 5.91 Å². The van der Waals surface area contributed by atoms with Crippen molar-refractivity contribution in [2.45, 2.75) is 24.0 Å². The number of carbonyl (C=O) groups is 1. The van der Waals surface area contributed by atoms with Crippen LogP contribution in [0.3, 0.4) is 0 Å². The molecule has 0 spiro atoms. The average Bonchev–Trinajstić information content (AvgIpc) is 3.23. The summed E-state index contributed by atoms with van der Waals surface area (Å²) in [6, 6.07) is 14.5. The van der Waals surface area contributed by atoms with Gasteiger partial charge in [-0.2, -0.15) is 0 Å². The zero-order chi connectivity index (χ0) is 21.7. The summed E-state index contributed by atoms with van der Waals surface area (Å²) in [7, 11) is -3.84. The highest BCUT2D eigenvalue weighted by Crippen LogP contribution is 2.32. The Balaban J connectivity index is 1.73. The minimum absolute atomic E-state index is 0.0186. The summed E-state index contributed by atoms with van der Waals surface area (Å²) in [5.41, 5.74) is 1.25. The molecule has 1 heterocycles. The average molecular weight is 448 g/mol. The van der Waals surface area contributed by atoms with E-state index in [0.29, 0.717) is 10.6 Å². The van der Waals surface area contributed by atoms with Crippen molar-refractivity contribution in [2.75, 3.05) is 13.2 Å². The molecule has 0 aliphatic carbocycles. The van der Waals surface area contributed by atoms with E-state index < -0.39 is 26.8 Å². The van der Waals surface area contributed by atoms with E-state index in [1.165, 1.54) is 30.4 Å². The smallest absolute Gasteiger partial charge is 0.257 e. The molecule has 0 saturated carbocycles. The Hall–Kier alpha value is -2.71. The van der Waals surface area contributed by atoms with Gasteiger partial charge in [0.2, 0.25) is 0 Å². The molecule has 5 nitrogen and oxygen atoms in total. The van der Waals surface area contributed by atoms with Gasteiger partial charge in [0.05, 0.1) is 4.90 Å². The van der Waals surface area contributed by atoms with Crippen LogP contribution in [0.5, 0.6) is 5.75 Å². The van der Waals surface area contributed by atoms with Gasteiger partial charge in [-0.05, 0) is 66.8 Å². The van der Waals surface area contributed by atoms with Gasteiger partial charge >= 0.3 is 0 Å². The number of aryl methyl sites for hydroxylation is 2. The zero-order valence-corrected chi connectivity index (χ0v) is 18.2. The van der Waals surface area contributed by atoms with Gasteiger partial charge in [-0.15, -0.1) is 11.3 Å². The molecule has 30 heavy (non-hydrogen) atoms. The third-order valence-corrected chi connectivity index (χ3v) is 7.75. The number of sulfone groups is 1. The second-order valence-corrected chi connectivity index (χ2v) is 9.98. The highest BCUT2D eigenvalue weighted by Gasteiger charge is 2.31. The van der Waals surface area contributed by atoms with Crippen molar-refractivity contribution in [1.82, 2.24) is 5.32 Å². The predicted molar refractivity (Wildman–Crippen MR) is 115 cm³/mol. The number of halogens is 1. The first-order chi connectivity index (χ1) is 14.3. The van der Waals surface area contributed by atoms with Crippen LogP contribution in [0.15, 0.2) is 64.9 Å². The highest BCUT2D eigenvalue weighted by atomic mass is 32.2. The molecule has 0 fully saturated rings. The SMILES string of the molecule is Cc1cccc(OCC(=O)NC[C@H](c2cccs2)S(=O)(=O)c2ccc(F)c(C)c2)c1. The summed E-state index contributed by atoms with van der Waals surface area (Å²) >= 11 is 1.29. The van der Waals surface area contributed by atoms with E-state index in [1.807, 2.05) is 25.1 Å². The maximum atomic E-state index is 13.6. The molecule has 1 atom stereocenters.